The first-order valence-electron chi connectivity index (χ1n) is 7.02. The summed E-state index contributed by atoms with van der Waals surface area (Å²) in [5.41, 5.74) is 1.10. The van der Waals surface area contributed by atoms with Gasteiger partial charge in [-0.3, -0.25) is 14.9 Å². The third-order valence-electron chi connectivity index (χ3n) is 3.89. The lowest BCUT2D eigenvalue weighted by Crippen LogP contribution is -2.37. The van der Waals surface area contributed by atoms with Gasteiger partial charge in [0.2, 0.25) is 0 Å². The van der Waals surface area contributed by atoms with Crippen LogP contribution < -0.4 is 4.90 Å². The van der Waals surface area contributed by atoms with Gasteiger partial charge < -0.3 is 4.90 Å². The van der Waals surface area contributed by atoms with E-state index in [1.807, 2.05) is 13.8 Å². The lowest BCUT2D eigenvalue weighted by Gasteiger charge is -2.33. The number of carbonyl (C=O) groups excluding carboxylic acids is 1. The van der Waals surface area contributed by atoms with Crippen LogP contribution in [0.4, 0.5) is 11.4 Å². The minimum atomic E-state index is -0.392. The van der Waals surface area contributed by atoms with E-state index in [1.165, 1.54) is 12.1 Å². The molecule has 1 aromatic rings. The molecule has 1 aromatic carbocycles. The highest BCUT2D eigenvalue weighted by molar-refractivity contribution is 5.83. The fourth-order valence-electron chi connectivity index (χ4n) is 2.68. The molecule has 108 valence electrons. The Morgan fingerprint density at radius 1 is 1.25 bits per heavy atom. The van der Waals surface area contributed by atoms with Gasteiger partial charge in [-0.25, -0.2) is 0 Å². The van der Waals surface area contributed by atoms with Crippen molar-refractivity contribution in [2.24, 2.45) is 11.8 Å². The van der Waals surface area contributed by atoms with Crippen molar-refractivity contribution >= 4 is 17.2 Å². The summed E-state index contributed by atoms with van der Waals surface area (Å²) in [4.78, 5) is 24.4. The molecule has 1 aliphatic heterocycles. The first-order chi connectivity index (χ1) is 9.49. The molecule has 0 aliphatic carbocycles. The number of hydrogen-bond donors (Lipinski definition) is 0. The molecular formula is C15H20N2O3. The fourth-order valence-corrected chi connectivity index (χ4v) is 2.68. The molecule has 0 unspecified atom stereocenters. The highest BCUT2D eigenvalue weighted by Gasteiger charge is 2.26. The monoisotopic (exact) mass is 276 g/mol. The normalized spacial score (nSPS) is 16.4. The Morgan fingerprint density at radius 3 is 2.25 bits per heavy atom. The molecule has 20 heavy (non-hydrogen) atoms. The minimum Gasteiger partial charge on any atom is -0.371 e. The molecule has 0 aromatic heterocycles. The lowest BCUT2D eigenvalue weighted by molar-refractivity contribution is -0.384. The van der Waals surface area contributed by atoms with Crippen LogP contribution in [0, 0.1) is 22.0 Å². The van der Waals surface area contributed by atoms with Crippen molar-refractivity contribution in [3.8, 4) is 0 Å². The Labute approximate surface area is 118 Å². The molecule has 1 aliphatic rings. The van der Waals surface area contributed by atoms with E-state index in [0.29, 0.717) is 5.78 Å². The second-order valence-electron chi connectivity index (χ2n) is 5.59. The lowest BCUT2D eigenvalue weighted by atomic mass is 9.87. The van der Waals surface area contributed by atoms with Crippen LogP contribution in [0.25, 0.3) is 0 Å². The van der Waals surface area contributed by atoms with Crippen molar-refractivity contribution in [1.82, 2.24) is 0 Å². The average Bonchev–Trinajstić information content (AvgIpc) is 2.46. The summed E-state index contributed by atoms with van der Waals surface area (Å²) in [6.45, 7) is 5.57. The molecule has 0 amide bonds. The number of piperidine rings is 1. The van der Waals surface area contributed by atoms with Crippen molar-refractivity contribution < 1.29 is 9.72 Å². The van der Waals surface area contributed by atoms with E-state index < -0.39 is 4.92 Å². The standard InChI is InChI=1S/C15H20N2O3/c1-11(2)15(18)12-7-9-16(10-8-12)13-3-5-14(6-4-13)17(19)20/h3-6,11-12H,7-10H2,1-2H3. The van der Waals surface area contributed by atoms with E-state index in [2.05, 4.69) is 4.90 Å². The summed E-state index contributed by atoms with van der Waals surface area (Å²) in [5, 5.41) is 10.6. The Hall–Kier alpha value is -1.91. The smallest absolute Gasteiger partial charge is 0.269 e. The molecule has 5 nitrogen and oxygen atoms in total. The van der Waals surface area contributed by atoms with E-state index in [0.717, 1.165) is 31.6 Å². The topological polar surface area (TPSA) is 63.5 Å². The Kier molecular flexibility index (Phi) is 4.37. The molecule has 0 spiro atoms. The third kappa shape index (κ3) is 3.15. The summed E-state index contributed by atoms with van der Waals surface area (Å²) < 4.78 is 0. The molecule has 1 fully saturated rings. The second-order valence-corrected chi connectivity index (χ2v) is 5.59. The van der Waals surface area contributed by atoms with Crippen molar-refractivity contribution in [1.29, 1.82) is 0 Å². The van der Waals surface area contributed by atoms with Gasteiger partial charge in [-0.15, -0.1) is 0 Å². The zero-order valence-corrected chi connectivity index (χ0v) is 11.9. The van der Waals surface area contributed by atoms with Crippen LogP contribution in [-0.4, -0.2) is 23.8 Å². The number of nitrogens with zero attached hydrogens (tertiary/aromatic N) is 2. The van der Waals surface area contributed by atoms with Gasteiger partial charge >= 0.3 is 0 Å². The van der Waals surface area contributed by atoms with Crippen LogP contribution in [0.5, 0.6) is 0 Å². The maximum Gasteiger partial charge on any atom is 0.269 e. The molecule has 0 atom stereocenters. The van der Waals surface area contributed by atoms with Gasteiger partial charge in [-0.1, -0.05) is 13.8 Å². The quantitative estimate of drug-likeness (QED) is 0.626. The second kappa shape index (κ2) is 6.03. The Balaban J connectivity index is 1.97. The number of non-ortho nitro benzene ring substituents is 1. The summed E-state index contributed by atoms with van der Waals surface area (Å²) in [7, 11) is 0. The summed E-state index contributed by atoms with van der Waals surface area (Å²) in [6, 6.07) is 6.62. The van der Waals surface area contributed by atoms with Crippen molar-refractivity contribution in [2.75, 3.05) is 18.0 Å². The van der Waals surface area contributed by atoms with E-state index in [4.69, 9.17) is 0 Å². The minimum absolute atomic E-state index is 0.103. The number of rotatable bonds is 4. The predicted octanol–water partition coefficient (Wildman–Crippen LogP) is 3.04. The molecular weight excluding hydrogens is 256 g/mol. The van der Waals surface area contributed by atoms with Gasteiger partial charge in [0.1, 0.15) is 5.78 Å². The van der Waals surface area contributed by atoms with Crippen LogP contribution >= 0.6 is 0 Å². The van der Waals surface area contributed by atoms with E-state index in [-0.39, 0.29) is 17.5 Å². The Bertz CT molecular complexity index is 488. The third-order valence-corrected chi connectivity index (χ3v) is 3.89. The number of nitro benzene ring substituents is 1. The largest absolute Gasteiger partial charge is 0.371 e. The fraction of sp³-hybridized carbons (Fsp3) is 0.533. The maximum absolute atomic E-state index is 12.0. The van der Waals surface area contributed by atoms with Gasteiger partial charge in [-0.2, -0.15) is 0 Å². The van der Waals surface area contributed by atoms with Gasteiger partial charge in [0, 0.05) is 42.7 Å². The Morgan fingerprint density at radius 2 is 1.80 bits per heavy atom. The number of hydrogen-bond acceptors (Lipinski definition) is 4. The van der Waals surface area contributed by atoms with Gasteiger partial charge in [0.25, 0.3) is 5.69 Å². The van der Waals surface area contributed by atoms with Crippen LogP contribution in [0.1, 0.15) is 26.7 Å². The van der Waals surface area contributed by atoms with Crippen molar-refractivity contribution in [3.63, 3.8) is 0 Å². The molecule has 2 rings (SSSR count). The summed E-state index contributed by atoms with van der Waals surface area (Å²) >= 11 is 0. The van der Waals surface area contributed by atoms with E-state index in [1.54, 1.807) is 12.1 Å². The molecule has 1 heterocycles. The molecule has 5 heteroatoms. The molecule has 0 N–H and O–H groups in total. The van der Waals surface area contributed by atoms with Crippen LogP contribution in [0.2, 0.25) is 0 Å². The van der Waals surface area contributed by atoms with E-state index >= 15 is 0 Å². The molecule has 0 radical (unpaired) electrons. The van der Waals surface area contributed by atoms with Crippen LogP contribution in [0.3, 0.4) is 0 Å². The average molecular weight is 276 g/mol. The van der Waals surface area contributed by atoms with Gasteiger partial charge in [-0.05, 0) is 25.0 Å². The SMILES string of the molecule is CC(C)C(=O)C1CCN(c2ccc([N+](=O)[O-])cc2)CC1. The number of ketones is 1. The molecule has 0 bridgehead atoms. The van der Waals surface area contributed by atoms with Gasteiger partial charge in [0.15, 0.2) is 0 Å². The number of anilines is 1. The summed E-state index contributed by atoms with van der Waals surface area (Å²) in [5.74, 6) is 0.628. The van der Waals surface area contributed by atoms with E-state index in [9.17, 15) is 14.9 Å². The first kappa shape index (κ1) is 14.5. The predicted molar refractivity (Wildman–Crippen MR) is 77.9 cm³/mol. The number of Topliss-reactive ketones (excluding diaryl/α,β-unsaturated/α-hetero) is 1. The van der Waals surface area contributed by atoms with Crippen LogP contribution in [-0.2, 0) is 4.79 Å². The van der Waals surface area contributed by atoms with Crippen molar-refractivity contribution in [2.45, 2.75) is 26.7 Å². The number of carbonyl (C=O) groups is 1. The van der Waals surface area contributed by atoms with Gasteiger partial charge in [0.05, 0.1) is 4.92 Å². The zero-order chi connectivity index (χ0) is 14.7. The first-order valence-corrected chi connectivity index (χ1v) is 7.02. The zero-order valence-electron chi connectivity index (χ0n) is 11.9. The van der Waals surface area contributed by atoms with Crippen molar-refractivity contribution in [3.05, 3.63) is 34.4 Å². The molecule has 0 saturated carbocycles. The number of nitro groups is 1. The highest BCUT2D eigenvalue weighted by atomic mass is 16.6. The number of benzene rings is 1. The maximum atomic E-state index is 12.0. The summed E-state index contributed by atoms with van der Waals surface area (Å²) in [6.07, 6.45) is 1.74. The molecule has 1 saturated heterocycles. The highest BCUT2D eigenvalue weighted by Crippen LogP contribution is 2.26. The van der Waals surface area contributed by atoms with Crippen LogP contribution in [0.15, 0.2) is 24.3 Å².